The van der Waals surface area contributed by atoms with Gasteiger partial charge in [0.2, 0.25) is 0 Å². The number of carbonyl (C=O) groups is 4. The zero-order valence-corrected chi connectivity index (χ0v) is 18.7. The van der Waals surface area contributed by atoms with E-state index in [9.17, 15) is 19.2 Å². The van der Waals surface area contributed by atoms with E-state index in [0.717, 1.165) is 29.7 Å². The van der Waals surface area contributed by atoms with Crippen molar-refractivity contribution in [2.24, 2.45) is 5.73 Å². The molecule has 31 heavy (non-hydrogen) atoms. The number of esters is 2. The van der Waals surface area contributed by atoms with Gasteiger partial charge in [-0.1, -0.05) is 0 Å². The van der Waals surface area contributed by atoms with Crippen molar-refractivity contribution >= 4 is 40.1 Å². The second-order valence-electron chi connectivity index (χ2n) is 7.63. The first-order valence-electron chi connectivity index (χ1n) is 9.91. The van der Waals surface area contributed by atoms with E-state index in [1.165, 1.54) is 11.3 Å². The number of nitrogens with one attached hydrogen (secondary N) is 2. The second-order valence-corrected chi connectivity index (χ2v) is 8.73. The summed E-state index contributed by atoms with van der Waals surface area (Å²) in [6.07, 6.45) is 2.25. The maximum atomic E-state index is 12.5. The van der Waals surface area contributed by atoms with Crippen molar-refractivity contribution in [3.05, 3.63) is 38.5 Å². The van der Waals surface area contributed by atoms with Crippen LogP contribution in [-0.4, -0.2) is 41.4 Å². The van der Waals surface area contributed by atoms with E-state index in [0.29, 0.717) is 21.8 Å². The molecule has 0 saturated heterocycles. The Bertz CT molecular complexity index is 1070. The Morgan fingerprint density at radius 3 is 2.48 bits per heavy atom. The van der Waals surface area contributed by atoms with E-state index in [2.05, 4.69) is 10.3 Å². The van der Waals surface area contributed by atoms with Gasteiger partial charge in [-0.3, -0.25) is 9.59 Å². The number of rotatable bonds is 7. The van der Waals surface area contributed by atoms with Crippen LogP contribution < -0.4 is 11.1 Å². The summed E-state index contributed by atoms with van der Waals surface area (Å²) in [4.78, 5) is 52.7. The maximum Gasteiger partial charge on any atom is 0.355 e. The van der Waals surface area contributed by atoms with Crippen LogP contribution in [0.4, 0.5) is 5.00 Å². The van der Waals surface area contributed by atoms with Crippen molar-refractivity contribution in [2.45, 2.75) is 53.1 Å². The molecule has 10 heteroatoms. The fraction of sp³-hybridized carbons (Fsp3) is 0.429. The molecule has 166 valence electrons. The van der Waals surface area contributed by atoms with Crippen LogP contribution in [0.25, 0.3) is 0 Å². The third-order valence-electron chi connectivity index (χ3n) is 4.94. The highest BCUT2D eigenvalue weighted by atomic mass is 32.1. The third kappa shape index (κ3) is 4.63. The molecule has 4 N–H and O–H groups in total. The normalized spacial score (nSPS) is 12.5. The number of thiophene rings is 1. The molecule has 2 aromatic rings. The monoisotopic (exact) mass is 447 g/mol. The van der Waals surface area contributed by atoms with Gasteiger partial charge in [0.05, 0.1) is 17.2 Å². The highest BCUT2D eigenvalue weighted by molar-refractivity contribution is 7.17. The number of anilines is 1. The molecule has 1 aliphatic carbocycles. The minimum absolute atomic E-state index is 0.0777. The van der Waals surface area contributed by atoms with Gasteiger partial charge in [0.25, 0.3) is 11.8 Å². The summed E-state index contributed by atoms with van der Waals surface area (Å²) in [6, 6.07) is 0. The van der Waals surface area contributed by atoms with Crippen molar-refractivity contribution < 1.29 is 28.7 Å². The van der Waals surface area contributed by atoms with Gasteiger partial charge in [0.15, 0.2) is 6.61 Å². The molecule has 2 aromatic heterocycles. The molecule has 0 unspecified atom stereocenters. The Labute approximate surface area is 183 Å². The van der Waals surface area contributed by atoms with Crippen LogP contribution in [0.5, 0.6) is 0 Å². The number of amides is 2. The first-order chi connectivity index (χ1) is 14.6. The predicted molar refractivity (Wildman–Crippen MR) is 115 cm³/mol. The molecule has 0 atom stereocenters. The minimum Gasteiger partial charge on any atom is -0.459 e. The Hall–Kier alpha value is -3.14. The van der Waals surface area contributed by atoms with Crippen molar-refractivity contribution in [3.8, 4) is 0 Å². The number of primary amides is 1. The molecular weight excluding hydrogens is 422 g/mol. The lowest BCUT2D eigenvalue weighted by atomic mass is 10.1. The van der Waals surface area contributed by atoms with Crippen LogP contribution in [0.1, 0.15) is 73.2 Å². The van der Waals surface area contributed by atoms with Crippen LogP contribution in [0.3, 0.4) is 0 Å². The van der Waals surface area contributed by atoms with Crippen molar-refractivity contribution in [2.75, 3.05) is 11.9 Å². The molecule has 2 heterocycles. The van der Waals surface area contributed by atoms with E-state index in [1.54, 1.807) is 27.7 Å². The fourth-order valence-corrected chi connectivity index (χ4v) is 4.96. The summed E-state index contributed by atoms with van der Waals surface area (Å²) in [5, 5.41) is 2.99. The van der Waals surface area contributed by atoms with Gasteiger partial charge in [-0.25, -0.2) is 9.59 Å². The number of carbonyl (C=O) groups excluding carboxylic acids is 4. The van der Waals surface area contributed by atoms with E-state index >= 15 is 0 Å². The summed E-state index contributed by atoms with van der Waals surface area (Å²) < 4.78 is 10.3. The first-order valence-corrected chi connectivity index (χ1v) is 10.7. The summed E-state index contributed by atoms with van der Waals surface area (Å²) in [6.45, 7) is 6.16. The van der Waals surface area contributed by atoms with E-state index in [4.69, 9.17) is 15.2 Å². The zero-order chi connectivity index (χ0) is 22.9. The molecular formula is C21H25N3O6S. The highest BCUT2D eigenvalue weighted by Gasteiger charge is 2.27. The maximum absolute atomic E-state index is 12.5. The van der Waals surface area contributed by atoms with Crippen LogP contribution in [-0.2, 0) is 27.1 Å². The molecule has 2 amide bonds. The quantitative estimate of drug-likeness (QED) is 0.557. The van der Waals surface area contributed by atoms with E-state index in [-0.39, 0.29) is 17.4 Å². The zero-order valence-electron chi connectivity index (χ0n) is 17.8. The minimum atomic E-state index is -0.775. The lowest BCUT2D eigenvalue weighted by Gasteiger charge is -2.08. The van der Waals surface area contributed by atoms with Crippen molar-refractivity contribution in [1.82, 2.24) is 4.98 Å². The van der Waals surface area contributed by atoms with Gasteiger partial charge in [0.1, 0.15) is 10.7 Å². The van der Waals surface area contributed by atoms with Gasteiger partial charge in [-0.15, -0.1) is 11.3 Å². The number of nitrogens with two attached hydrogens (primary N) is 1. The average molecular weight is 448 g/mol. The number of H-pyrrole nitrogens is 1. The van der Waals surface area contributed by atoms with Crippen LogP contribution in [0.15, 0.2) is 0 Å². The summed E-state index contributed by atoms with van der Waals surface area (Å²) in [5.74, 6) is -2.49. The molecule has 0 saturated carbocycles. The number of fused-ring (bicyclic) bond motifs is 1. The Kier molecular flexibility index (Phi) is 6.49. The summed E-state index contributed by atoms with van der Waals surface area (Å²) >= 11 is 1.32. The summed E-state index contributed by atoms with van der Waals surface area (Å²) in [7, 11) is 0. The number of aromatic nitrogens is 1. The van der Waals surface area contributed by atoms with Crippen LogP contribution >= 0.6 is 11.3 Å². The Morgan fingerprint density at radius 2 is 1.84 bits per heavy atom. The number of ether oxygens (including phenoxy) is 2. The number of aryl methyl sites for hydroxylation is 2. The average Bonchev–Trinajstić information content (AvgIpc) is 3.31. The standard InChI is InChI=1S/C21H25N3O6S/c1-9(2)30-20(27)15-10(3)17(23-11(15)4)21(28)29-8-14(25)24-19-16(18(22)26)12-6-5-7-13(12)31-19/h9,23H,5-8H2,1-4H3,(H2,22,26)(H,24,25). The van der Waals surface area contributed by atoms with E-state index < -0.39 is 30.4 Å². The molecule has 0 bridgehead atoms. The molecule has 9 nitrogen and oxygen atoms in total. The van der Waals surface area contributed by atoms with Crippen LogP contribution in [0.2, 0.25) is 0 Å². The smallest absolute Gasteiger partial charge is 0.355 e. The lowest BCUT2D eigenvalue weighted by molar-refractivity contribution is -0.119. The second kappa shape index (κ2) is 8.93. The highest BCUT2D eigenvalue weighted by Crippen LogP contribution is 2.38. The fourth-order valence-electron chi connectivity index (χ4n) is 3.65. The van der Waals surface area contributed by atoms with Crippen LogP contribution in [0, 0.1) is 13.8 Å². The van der Waals surface area contributed by atoms with Crippen molar-refractivity contribution in [1.29, 1.82) is 0 Å². The van der Waals surface area contributed by atoms with Gasteiger partial charge in [-0.05, 0) is 58.1 Å². The number of hydrogen-bond donors (Lipinski definition) is 3. The molecule has 0 aliphatic heterocycles. The summed E-state index contributed by atoms with van der Waals surface area (Å²) in [5.41, 5.74) is 7.91. The largest absolute Gasteiger partial charge is 0.459 e. The molecule has 0 spiro atoms. The van der Waals surface area contributed by atoms with Gasteiger partial charge >= 0.3 is 11.9 Å². The molecule has 1 aliphatic rings. The number of hydrogen-bond acceptors (Lipinski definition) is 7. The number of aromatic amines is 1. The predicted octanol–water partition coefficient (Wildman–Crippen LogP) is 2.64. The van der Waals surface area contributed by atoms with Crippen molar-refractivity contribution in [3.63, 3.8) is 0 Å². The molecule has 0 aromatic carbocycles. The van der Waals surface area contributed by atoms with E-state index in [1.807, 2.05) is 0 Å². The topological polar surface area (TPSA) is 141 Å². The molecule has 0 fully saturated rings. The van der Waals surface area contributed by atoms with Gasteiger partial charge < -0.3 is 25.5 Å². The Balaban J connectivity index is 1.66. The lowest BCUT2D eigenvalue weighted by Crippen LogP contribution is -2.23. The van der Waals surface area contributed by atoms with Gasteiger partial charge in [0, 0.05) is 10.6 Å². The third-order valence-corrected chi connectivity index (χ3v) is 6.15. The van der Waals surface area contributed by atoms with Gasteiger partial charge in [-0.2, -0.15) is 0 Å². The first kappa shape index (κ1) is 22.5. The molecule has 0 radical (unpaired) electrons. The molecule has 3 rings (SSSR count). The SMILES string of the molecule is Cc1[nH]c(C(=O)OCC(=O)Nc2sc3c(c2C(N)=O)CCC3)c(C)c1C(=O)OC(C)C. The Morgan fingerprint density at radius 1 is 1.13 bits per heavy atom.